The van der Waals surface area contributed by atoms with Gasteiger partial charge in [-0.2, -0.15) is 0 Å². The molecule has 0 bridgehead atoms. The highest BCUT2D eigenvalue weighted by Crippen LogP contribution is 2.07. The first-order valence-corrected chi connectivity index (χ1v) is 5.24. The minimum atomic E-state index is -0.566. The molecule has 0 spiro atoms. The van der Waals surface area contributed by atoms with Crippen molar-refractivity contribution in [2.45, 2.75) is 20.0 Å². The Kier molecular flexibility index (Phi) is 4.46. The van der Waals surface area contributed by atoms with Crippen LogP contribution in [0, 0.1) is 6.92 Å². The average molecular weight is 233 g/mol. The quantitative estimate of drug-likeness (QED) is 0.634. The normalized spacial score (nSPS) is 12.4. The minimum Gasteiger partial charge on any atom is -0.455 e. The highest BCUT2D eigenvalue weighted by Gasteiger charge is 2.09. The number of rotatable bonds is 4. The van der Waals surface area contributed by atoms with Gasteiger partial charge in [-0.05, 0) is 32.1 Å². The zero-order valence-electron chi connectivity index (χ0n) is 9.84. The highest BCUT2D eigenvalue weighted by atomic mass is 16.5. The van der Waals surface area contributed by atoms with Crippen molar-refractivity contribution in [3.8, 4) is 0 Å². The number of hydrogen-bond donors (Lipinski definition) is 1. The van der Waals surface area contributed by atoms with E-state index in [1.807, 2.05) is 13.0 Å². The van der Waals surface area contributed by atoms with Crippen molar-refractivity contribution >= 4 is 11.9 Å². The van der Waals surface area contributed by atoms with Gasteiger partial charge in [-0.25, -0.2) is 4.79 Å². The predicted octanol–water partition coefficient (Wildman–Crippen LogP) is 1.58. The van der Waals surface area contributed by atoms with Crippen LogP contribution in [-0.4, -0.2) is 18.0 Å². The fourth-order valence-electron chi connectivity index (χ4n) is 1.28. The number of primary amides is 1. The van der Waals surface area contributed by atoms with Crippen molar-refractivity contribution < 1.29 is 14.3 Å². The molecule has 1 aromatic carbocycles. The Hall–Kier alpha value is -2.10. The van der Waals surface area contributed by atoms with Crippen LogP contribution in [-0.2, 0) is 9.53 Å². The Bertz CT molecular complexity index is 452. The Morgan fingerprint density at radius 2 is 2.12 bits per heavy atom. The van der Waals surface area contributed by atoms with Crippen LogP contribution < -0.4 is 5.73 Å². The zero-order chi connectivity index (χ0) is 12.8. The molecule has 17 heavy (non-hydrogen) atoms. The maximum absolute atomic E-state index is 11.7. The molecule has 0 saturated heterocycles. The van der Waals surface area contributed by atoms with E-state index in [0.717, 1.165) is 5.56 Å². The SMILES string of the molecule is Cc1cccc(C(=O)OC(C)/C=C\C(N)=O)c1. The van der Waals surface area contributed by atoms with Gasteiger partial charge in [0.25, 0.3) is 0 Å². The second kappa shape index (κ2) is 5.84. The number of carbonyl (C=O) groups is 2. The van der Waals surface area contributed by atoms with Gasteiger partial charge in [-0.15, -0.1) is 0 Å². The topological polar surface area (TPSA) is 69.4 Å². The van der Waals surface area contributed by atoms with E-state index in [4.69, 9.17) is 10.5 Å². The largest absolute Gasteiger partial charge is 0.455 e. The molecule has 0 saturated carbocycles. The lowest BCUT2D eigenvalue weighted by Crippen LogP contribution is -2.14. The molecule has 1 amide bonds. The second-order valence-electron chi connectivity index (χ2n) is 3.74. The van der Waals surface area contributed by atoms with E-state index in [-0.39, 0.29) is 0 Å². The number of aryl methyl sites for hydroxylation is 1. The summed E-state index contributed by atoms with van der Waals surface area (Å²) in [5.41, 5.74) is 6.41. The Balaban J connectivity index is 2.63. The van der Waals surface area contributed by atoms with Crippen LogP contribution in [0.4, 0.5) is 0 Å². The first-order chi connectivity index (χ1) is 7.99. The summed E-state index contributed by atoms with van der Waals surface area (Å²) in [5, 5.41) is 0. The highest BCUT2D eigenvalue weighted by molar-refractivity contribution is 5.90. The molecule has 0 aromatic heterocycles. The third-order valence-corrected chi connectivity index (χ3v) is 2.08. The van der Waals surface area contributed by atoms with Crippen molar-refractivity contribution in [2.24, 2.45) is 5.73 Å². The lowest BCUT2D eigenvalue weighted by molar-refractivity contribution is -0.113. The van der Waals surface area contributed by atoms with Gasteiger partial charge in [0.1, 0.15) is 6.10 Å². The van der Waals surface area contributed by atoms with Gasteiger partial charge >= 0.3 is 5.97 Å². The summed E-state index contributed by atoms with van der Waals surface area (Å²) >= 11 is 0. The van der Waals surface area contributed by atoms with Crippen molar-refractivity contribution in [3.05, 3.63) is 47.5 Å². The molecule has 1 aromatic rings. The Morgan fingerprint density at radius 1 is 1.41 bits per heavy atom. The van der Waals surface area contributed by atoms with Gasteiger partial charge in [-0.3, -0.25) is 4.79 Å². The van der Waals surface area contributed by atoms with Crippen molar-refractivity contribution in [1.29, 1.82) is 0 Å². The van der Waals surface area contributed by atoms with Crippen LogP contribution in [0.15, 0.2) is 36.4 Å². The molecule has 0 aliphatic rings. The van der Waals surface area contributed by atoms with Crippen LogP contribution in [0.25, 0.3) is 0 Å². The van der Waals surface area contributed by atoms with Gasteiger partial charge in [0.05, 0.1) is 5.56 Å². The fourth-order valence-corrected chi connectivity index (χ4v) is 1.28. The summed E-state index contributed by atoms with van der Waals surface area (Å²) < 4.78 is 5.11. The maximum atomic E-state index is 11.7. The monoisotopic (exact) mass is 233 g/mol. The third kappa shape index (κ3) is 4.51. The summed E-state index contributed by atoms with van der Waals surface area (Å²) in [6.07, 6.45) is 2.13. The molecule has 0 aliphatic heterocycles. The molecule has 0 fully saturated rings. The molecule has 4 heteroatoms. The number of hydrogen-bond acceptors (Lipinski definition) is 3. The third-order valence-electron chi connectivity index (χ3n) is 2.08. The van der Waals surface area contributed by atoms with Gasteiger partial charge in [-0.1, -0.05) is 17.7 Å². The van der Waals surface area contributed by atoms with Crippen LogP contribution >= 0.6 is 0 Å². The van der Waals surface area contributed by atoms with Gasteiger partial charge in [0, 0.05) is 6.08 Å². The molecular formula is C13H15NO3. The van der Waals surface area contributed by atoms with Crippen molar-refractivity contribution in [1.82, 2.24) is 0 Å². The van der Waals surface area contributed by atoms with E-state index in [1.165, 1.54) is 12.2 Å². The average Bonchev–Trinajstić information content (AvgIpc) is 2.26. The van der Waals surface area contributed by atoms with Crippen LogP contribution in [0.2, 0.25) is 0 Å². The summed E-state index contributed by atoms with van der Waals surface area (Å²) in [6.45, 7) is 3.56. The number of ether oxygens (including phenoxy) is 1. The molecule has 1 rings (SSSR count). The maximum Gasteiger partial charge on any atom is 0.338 e. The van der Waals surface area contributed by atoms with Crippen LogP contribution in [0.1, 0.15) is 22.8 Å². The summed E-state index contributed by atoms with van der Waals surface area (Å²) in [5.74, 6) is -0.987. The number of esters is 1. The van der Waals surface area contributed by atoms with Gasteiger partial charge in [0.2, 0.25) is 5.91 Å². The number of benzene rings is 1. The van der Waals surface area contributed by atoms with E-state index < -0.39 is 18.0 Å². The molecule has 2 N–H and O–H groups in total. The molecule has 0 aliphatic carbocycles. The second-order valence-corrected chi connectivity index (χ2v) is 3.74. The molecule has 90 valence electrons. The number of amides is 1. The fraction of sp³-hybridized carbons (Fsp3) is 0.231. The summed E-state index contributed by atoms with van der Waals surface area (Å²) in [4.78, 5) is 22.2. The minimum absolute atomic E-state index is 0.421. The molecule has 0 heterocycles. The van der Waals surface area contributed by atoms with Crippen LogP contribution in [0.5, 0.6) is 0 Å². The Morgan fingerprint density at radius 3 is 2.71 bits per heavy atom. The summed E-state index contributed by atoms with van der Waals surface area (Å²) in [7, 11) is 0. The van der Waals surface area contributed by atoms with E-state index in [9.17, 15) is 9.59 Å². The molecular weight excluding hydrogens is 218 g/mol. The van der Waals surface area contributed by atoms with E-state index in [1.54, 1.807) is 25.1 Å². The van der Waals surface area contributed by atoms with E-state index in [0.29, 0.717) is 5.56 Å². The standard InChI is InChI=1S/C13H15NO3/c1-9-4-3-5-11(8-9)13(16)17-10(2)6-7-12(14)15/h3-8,10H,1-2H3,(H2,14,15)/b7-6-. The van der Waals surface area contributed by atoms with Crippen LogP contribution in [0.3, 0.4) is 0 Å². The molecule has 0 radical (unpaired) electrons. The smallest absolute Gasteiger partial charge is 0.338 e. The van der Waals surface area contributed by atoms with Crippen molar-refractivity contribution in [2.75, 3.05) is 0 Å². The van der Waals surface area contributed by atoms with E-state index in [2.05, 4.69) is 0 Å². The lowest BCUT2D eigenvalue weighted by Gasteiger charge is -2.09. The molecule has 1 atom stereocenters. The first kappa shape index (κ1) is 13.0. The summed E-state index contributed by atoms with van der Waals surface area (Å²) in [6, 6.07) is 7.11. The van der Waals surface area contributed by atoms with Gasteiger partial charge < -0.3 is 10.5 Å². The zero-order valence-corrected chi connectivity index (χ0v) is 9.84. The van der Waals surface area contributed by atoms with E-state index >= 15 is 0 Å². The molecule has 4 nitrogen and oxygen atoms in total. The predicted molar refractivity (Wildman–Crippen MR) is 64.4 cm³/mol. The number of nitrogens with two attached hydrogens (primary N) is 1. The lowest BCUT2D eigenvalue weighted by atomic mass is 10.1. The number of carbonyl (C=O) groups excluding carboxylic acids is 2. The molecule has 1 unspecified atom stereocenters. The van der Waals surface area contributed by atoms with Crippen molar-refractivity contribution in [3.63, 3.8) is 0 Å². The first-order valence-electron chi connectivity index (χ1n) is 5.24. The Labute approximate surface area is 100 Å². The van der Waals surface area contributed by atoms with Gasteiger partial charge in [0.15, 0.2) is 0 Å².